The highest BCUT2D eigenvalue weighted by atomic mass is 31.1. The second-order valence-electron chi connectivity index (χ2n) is 4.78. The van der Waals surface area contributed by atoms with Crippen LogP contribution in [0.2, 0.25) is 0 Å². The normalized spacial score (nSPS) is 19.3. The van der Waals surface area contributed by atoms with Gasteiger partial charge in [-0.15, -0.1) is 5.09 Å². The van der Waals surface area contributed by atoms with Crippen molar-refractivity contribution in [2.45, 2.75) is 19.9 Å². The first-order chi connectivity index (χ1) is 10.0. The molecule has 0 radical (unpaired) electrons. The number of carbonyl (C=O) groups excluding carboxylic acids is 2. The van der Waals surface area contributed by atoms with Gasteiger partial charge in [0, 0.05) is 6.54 Å². The maximum Gasteiger partial charge on any atom is 0.324 e. The molecular formula is C14H18N3O3P. The molecule has 0 saturated carbocycles. The molecule has 1 aliphatic heterocycles. The van der Waals surface area contributed by atoms with Gasteiger partial charge in [0.25, 0.3) is 0 Å². The minimum atomic E-state index is -2.04. The highest BCUT2D eigenvalue weighted by Gasteiger charge is 2.33. The SMILES string of the molecule is CCN1CC(=[P+]([O-])NC(C)c2ccccc2)C(=O)NC1=O. The van der Waals surface area contributed by atoms with E-state index in [1.54, 1.807) is 6.92 Å². The number of nitrogens with one attached hydrogen (secondary N) is 2. The molecule has 1 fully saturated rings. The summed E-state index contributed by atoms with van der Waals surface area (Å²) in [4.78, 5) is 37.1. The fourth-order valence-electron chi connectivity index (χ4n) is 2.05. The van der Waals surface area contributed by atoms with Crippen molar-refractivity contribution in [2.24, 2.45) is 0 Å². The Bertz CT molecular complexity index is 574. The van der Waals surface area contributed by atoms with Crippen molar-refractivity contribution in [1.82, 2.24) is 15.3 Å². The molecule has 1 saturated heterocycles. The standard InChI is InChI=1S/C14H18N3O3P/c1-3-17-9-12(13(18)15-14(17)19)21(20)16-10(2)11-7-5-4-6-8-11/h4-8,10,16H,3,9H2,1-2H3,(H,15,18,19). The van der Waals surface area contributed by atoms with E-state index in [1.165, 1.54) is 4.90 Å². The van der Waals surface area contributed by atoms with Crippen LogP contribution in [0.25, 0.3) is 0 Å². The van der Waals surface area contributed by atoms with Crippen molar-refractivity contribution >= 4 is 25.2 Å². The fraction of sp³-hybridized carbons (Fsp3) is 0.357. The Morgan fingerprint density at radius 2 is 2.05 bits per heavy atom. The molecule has 6 nitrogen and oxygen atoms in total. The molecule has 21 heavy (non-hydrogen) atoms. The highest BCUT2D eigenvalue weighted by molar-refractivity contribution is 7.52. The van der Waals surface area contributed by atoms with Gasteiger partial charge in [0.15, 0.2) is 7.92 Å². The van der Waals surface area contributed by atoms with Crippen molar-refractivity contribution < 1.29 is 14.5 Å². The van der Waals surface area contributed by atoms with Crippen LogP contribution < -0.4 is 15.3 Å². The first-order valence-electron chi connectivity index (χ1n) is 6.77. The van der Waals surface area contributed by atoms with Gasteiger partial charge in [-0.3, -0.25) is 10.1 Å². The number of nitrogens with zero attached hydrogens (tertiary/aromatic N) is 1. The van der Waals surface area contributed by atoms with Gasteiger partial charge >= 0.3 is 11.9 Å². The summed E-state index contributed by atoms with van der Waals surface area (Å²) < 4.78 is 0. The van der Waals surface area contributed by atoms with Crippen LogP contribution in [0.1, 0.15) is 25.5 Å². The Kier molecular flexibility index (Phi) is 5.07. The van der Waals surface area contributed by atoms with Crippen LogP contribution in [0.3, 0.4) is 0 Å². The summed E-state index contributed by atoms with van der Waals surface area (Å²) in [6.45, 7) is 4.25. The predicted octanol–water partition coefficient (Wildman–Crippen LogP) is 0.753. The molecule has 0 bridgehead atoms. The summed E-state index contributed by atoms with van der Waals surface area (Å²) in [5.41, 5.74) is 0.987. The third-order valence-electron chi connectivity index (χ3n) is 3.35. The Labute approximate surface area is 124 Å². The molecule has 7 heteroatoms. The maximum absolute atomic E-state index is 12.4. The van der Waals surface area contributed by atoms with Crippen LogP contribution in [0.15, 0.2) is 30.3 Å². The summed E-state index contributed by atoms with van der Waals surface area (Å²) in [6, 6.07) is 8.97. The molecule has 1 aromatic rings. The lowest BCUT2D eigenvalue weighted by molar-refractivity contribution is -0.156. The van der Waals surface area contributed by atoms with E-state index in [0.29, 0.717) is 6.54 Å². The van der Waals surface area contributed by atoms with Crippen molar-refractivity contribution in [2.75, 3.05) is 13.1 Å². The number of hydrogen-bond donors (Lipinski definition) is 2. The van der Waals surface area contributed by atoms with Gasteiger partial charge in [0.05, 0.1) is 12.6 Å². The minimum absolute atomic E-state index is 0.102. The Hall–Kier alpha value is -1.75. The minimum Gasteiger partial charge on any atom is -0.613 e. The Morgan fingerprint density at radius 3 is 2.67 bits per heavy atom. The molecule has 112 valence electrons. The summed E-state index contributed by atoms with van der Waals surface area (Å²) >= 11 is 0. The van der Waals surface area contributed by atoms with Crippen LogP contribution in [0.4, 0.5) is 4.79 Å². The van der Waals surface area contributed by atoms with Crippen LogP contribution >= 0.6 is 7.92 Å². The number of rotatable bonds is 4. The molecule has 2 N–H and O–H groups in total. The molecule has 0 spiro atoms. The molecule has 2 unspecified atom stereocenters. The fourth-order valence-corrected chi connectivity index (χ4v) is 3.25. The summed E-state index contributed by atoms with van der Waals surface area (Å²) in [6.07, 6.45) is 0. The van der Waals surface area contributed by atoms with Gasteiger partial charge < -0.3 is 9.79 Å². The molecule has 0 aromatic heterocycles. The van der Waals surface area contributed by atoms with E-state index in [2.05, 4.69) is 10.4 Å². The maximum atomic E-state index is 12.4. The molecule has 1 aromatic carbocycles. The van der Waals surface area contributed by atoms with Crippen LogP contribution in [-0.4, -0.2) is 35.2 Å². The summed E-state index contributed by atoms with van der Waals surface area (Å²) in [5, 5.41) is 5.34. The average Bonchev–Trinajstić information content (AvgIpc) is 2.48. The van der Waals surface area contributed by atoms with Gasteiger partial charge in [-0.2, -0.15) is 0 Å². The second kappa shape index (κ2) is 6.80. The lowest BCUT2D eigenvalue weighted by Gasteiger charge is -2.25. The number of hydrogen-bond acceptors (Lipinski definition) is 4. The first-order valence-corrected chi connectivity index (χ1v) is 8.03. The number of benzene rings is 1. The molecular weight excluding hydrogens is 289 g/mol. The monoisotopic (exact) mass is 307 g/mol. The van der Waals surface area contributed by atoms with E-state index >= 15 is 0 Å². The van der Waals surface area contributed by atoms with Gasteiger partial charge in [-0.1, -0.05) is 30.3 Å². The topological polar surface area (TPSA) is 84.5 Å². The van der Waals surface area contributed by atoms with Crippen molar-refractivity contribution in [3.8, 4) is 0 Å². The molecule has 1 heterocycles. The van der Waals surface area contributed by atoms with E-state index in [0.717, 1.165) is 5.56 Å². The molecule has 3 amide bonds. The number of imide groups is 1. The number of carbonyl (C=O) groups is 2. The molecule has 2 rings (SSSR count). The van der Waals surface area contributed by atoms with Crippen LogP contribution in [0.5, 0.6) is 0 Å². The van der Waals surface area contributed by atoms with Crippen molar-refractivity contribution in [3.05, 3.63) is 35.9 Å². The Morgan fingerprint density at radius 1 is 1.38 bits per heavy atom. The van der Waals surface area contributed by atoms with Crippen LogP contribution in [0, 0.1) is 0 Å². The largest absolute Gasteiger partial charge is 0.613 e. The zero-order valence-electron chi connectivity index (χ0n) is 12.0. The second-order valence-corrected chi connectivity index (χ2v) is 6.16. The number of amides is 3. The lowest BCUT2D eigenvalue weighted by atomic mass is 10.1. The van der Waals surface area contributed by atoms with Crippen molar-refractivity contribution in [1.29, 1.82) is 0 Å². The predicted molar refractivity (Wildman–Crippen MR) is 80.7 cm³/mol. The van der Waals surface area contributed by atoms with E-state index in [1.807, 2.05) is 37.3 Å². The van der Waals surface area contributed by atoms with E-state index < -0.39 is 19.9 Å². The van der Waals surface area contributed by atoms with Gasteiger partial charge in [-0.25, -0.2) is 4.79 Å². The summed E-state index contributed by atoms with van der Waals surface area (Å²) in [7, 11) is -2.04. The third-order valence-corrected chi connectivity index (χ3v) is 4.80. The molecule has 2 atom stereocenters. The zero-order chi connectivity index (χ0) is 15.4. The van der Waals surface area contributed by atoms with E-state index in [-0.39, 0.29) is 17.9 Å². The lowest BCUT2D eigenvalue weighted by Crippen LogP contribution is -2.55. The van der Waals surface area contributed by atoms with Gasteiger partial charge in [0.2, 0.25) is 5.29 Å². The smallest absolute Gasteiger partial charge is 0.324 e. The van der Waals surface area contributed by atoms with E-state index in [4.69, 9.17) is 0 Å². The Balaban J connectivity index is 2.15. The van der Waals surface area contributed by atoms with Crippen molar-refractivity contribution in [3.63, 3.8) is 0 Å². The summed E-state index contributed by atoms with van der Waals surface area (Å²) in [5.74, 6) is -0.557. The third kappa shape index (κ3) is 3.67. The first kappa shape index (κ1) is 15.6. The van der Waals surface area contributed by atoms with E-state index in [9.17, 15) is 14.5 Å². The van der Waals surface area contributed by atoms with Gasteiger partial charge in [-0.05, 0) is 19.4 Å². The number of urea groups is 1. The van der Waals surface area contributed by atoms with Gasteiger partial charge in [0.1, 0.15) is 0 Å². The average molecular weight is 307 g/mol. The zero-order valence-corrected chi connectivity index (χ0v) is 12.9. The van der Waals surface area contributed by atoms with Crippen LogP contribution in [-0.2, 0) is 4.79 Å². The highest BCUT2D eigenvalue weighted by Crippen LogP contribution is 2.20. The molecule has 0 aliphatic carbocycles. The quantitative estimate of drug-likeness (QED) is 0.804. The molecule has 1 aliphatic rings.